The molecule has 0 radical (unpaired) electrons. The van der Waals surface area contributed by atoms with E-state index in [1.165, 1.54) is 29.7 Å². The Balaban J connectivity index is 1.25. The van der Waals surface area contributed by atoms with Gasteiger partial charge in [-0.2, -0.15) is 0 Å². The third kappa shape index (κ3) is 2.59. The van der Waals surface area contributed by atoms with Crippen molar-refractivity contribution >= 4 is 17.2 Å². The lowest BCUT2D eigenvalue weighted by Gasteiger charge is -2.29. The van der Waals surface area contributed by atoms with Gasteiger partial charge in [0.05, 0.1) is 5.92 Å². The zero-order valence-electron chi connectivity index (χ0n) is 13.0. The number of carbonyl (C=O) groups is 1. The molecule has 0 spiro atoms. The van der Waals surface area contributed by atoms with Crippen LogP contribution < -0.4 is 11.1 Å². The van der Waals surface area contributed by atoms with Gasteiger partial charge in [-0.05, 0) is 54.5 Å². The van der Waals surface area contributed by atoms with Gasteiger partial charge < -0.3 is 11.1 Å². The van der Waals surface area contributed by atoms with Crippen molar-refractivity contribution in [3.63, 3.8) is 0 Å². The summed E-state index contributed by atoms with van der Waals surface area (Å²) in [6.45, 7) is 3.83. The van der Waals surface area contributed by atoms with Crippen molar-refractivity contribution in [1.82, 2.24) is 10.2 Å². The van der Waals surface area contributed by atoms with Crippen molar-refractivity contribution in [1.29, 1.82) is 0 Å². The summed E-state index contributed by atoms with van der Waals surface area (Å²) in [6, 6.07) is 2.33. The number of hydrogen-bond acceptors (Lipinski definition) is 4. The highest BCUT2D eigenvalue weighted by Crippen LogP contribution is 2.47. The molecule has 0 saturated heterocycles. The smallest absolute Gasteiger partial charge is 0.225 e. The van der Waals surface area contributed by atoms with Crippen molar-refractivity contribution in [3.8, 4) is 0 Å². The van der Waals surface area contributed by atoms with E-state index in [-0.39, 0.29) is 17.9 Å². The summed E-state index contributed by atoms with van der Waals surface area (Å²) in [7, 11) is 0. The molecule has 1 aromatic heterocycles. The van der Waals surface area contributed by atoms with E-state index in [1.807, 2.05) is 11.3 Å². The number of thiophene rings is 1. The average Bonchev–Trinajstić information content (AvgIpc) is 3.21. The summed E-state index contributed by atoms with van der Waals surface area (Å²) in [5.74, 6) is 1.42. The molecule has 0 aromatic carbocycles. The molecule has 4 nitrogen and oxygen atoms in total. The molecule has 22 heavy (non-hydrogen) atoms. The van der Waals surface area contributed by atoms with Crippen LogP contribution in [0.15, 0.2) is 11.4 Å². The summed E-state index contributed by atoms with van der Waals surface area (Å²) in [5.41, 5.74) is 7.72. The highest BCUT2D eigenvalue weighted by molar-refractivity contribution is 7.10. The van der Waals surface area contributed by atoms with Gasteiger partial charge in [-0.15, -0.1) is 11.3 Å². The maximum absolute atomic E-state index is 12.4. The van der Waals surface area contributed by atoms with Crippen LogP contribution in [0, 0.1) is 17.8 Å². The Bertz CT molecular complexity index is 556. The van der Waals surface area contributed by atoms with Gasteiger partial charge in [0.1, 0.15) is 0 Å². The minimum Gasteiger partial charge on any atom is -0.355 e. The molecule has 2 bridgehead atoms. The maximum atomic E-state index is 12.4. The number of amides is 1. The van der Waals surface area contributed by atoms with Crippen LogP contribution in [0.3, 0.4) is 0 Å². The first kappa shape index (κ1) is 14.7. The topological polar surface area (TPSA) is 58.4 Å². The summed E-state index contributed by atoms with van der Waals surface area (Å²) < 4.78 is 0. The average molecular weight is 319 g/mol. The van der Waals surface area contributed by atoms with Gasteiger partial charge in [-0.1, -0.05) is 0 Å². The highest BCUT2D eigenvalue weighted by atomic mass is 32.1. The number of nitrogens with two attached hydrogens (primary N) is 1. The Morgan fingerprint density at radius 1 is 1.41 bits per heavy atom. The van der Waals surface area contributed by atoms with Crippen LogP contribution in [-0.4, -0.2) is 36.5 Å². The van der Waals surface area contributed by atoms with Crippen molar-refractivity contribution in [2.75, 3.05) is 19.6 Å². The molecule has 2 heterocycles. The van der Waals surface area contributed by atoms with E-state index >= 15 is 0 Å². The molecular formula is C17H25N3OS. The minimum absolute atomic E-state index is 0.0728. The number of hydrogen-bond donors (Lipinski definition) is 2. The zero-order chi connectivity index (χ0) is 15.1. The van der Waals surface area contributed by atoms with E-state index in [0.29, 0.717) is 11.8 Å². The first-order valence-electron chi connectivity index (χ1n) is 8.53. The molecule has 120 valence electrons. The molecule has 2 fully saturated rings. The monoisotopic (exact) mass is 319 g/mol. The Labute approximate surface area is 136 Å². The molecule has 1 aliphatic heterocycles. The fraction of sp³-hybridized carbons (Fsp3) is 0.706. The fourth-order valence-corrected chi connectivity index (χ4v) is 5.57. The van der Waals surface area contributed by atoms with Crippen LogP contribution in [-0.2, 0) is 17.8 Å². The number of nitrogens with one attached hydrogen (secondary N) is 1. The summed E-state index contributed by atoms with van der Waals surface area (Å²) in [6.07, 6.45) is 4.75. The number of nitrogens with zero attached hydrogens (tertiary/aromatic N) is 1. The zero-order valence-corrected chi connectivity index (χ0v) is 13.8. The van der Waals surface area contributed by atoms with Gasteiger partial charge in [0, 0.05) is 37.1 Å². The van der Waals surface area contributed by atoms with Gasteiger partial charge in [0.15, 0.2) is 0 Å². The first-order chi connectivity index (χ1) is 10.7. The number of fused-ring (bicyclic) bond motifs is 3. The maximum Gasteiger partial charge on any atom is 0.225 e. The summed E-state index contributed by atoms with van der Waals surface area (Å²) in [4.78, 5) is 16.4. The molecule has 3 N–H and O–H groups in total. The van der Waals surface area contributed by atoms with Gasteiger partial charge in [0.2, 0.25) is 5.91 Å². The fourth-order valence-electron chi connectivity index (χ4n) is 4.68. The molecule has 4 unspecified atom stereocenters. The second kappa shape index (κ2) is 5.95. The normalized spacial score (nSPS) is 33.9. The molecule has 4 atom stereocenters. The Kier molecular flexibility index (Phi) is 3.96. The van der Waals surface area contributed by atoms with E-state index in [2.05, 4.69) is 21.7 Å². The van der Waals surface area contributed by atoms with E-state index in [1.54, 1.807) is 0 Å². The second-order valence-corrected chi connectivity index (χ2v) is 8.12. The molecular weight excluding hydrogens is 294 g/mol. The molecule has 1 aromatic rings. The van der Waals surface area contributed by atoms with Crippen LogP contribution in [0.5, 0.6) is 0 Å². The SMILES string of the molecule is NC1C2CCC(C2)C1C(=O)NCCN1CCc2sccc2C1. The lowest BCUT2D eigenvalue weighted by atomic mass is 9.84. The molecule has 3 aliphatic rings. The third-order valence-corrected chi connectivity index (χ3v) is 6.92. The van der Waals surface area contributed by atoms with Crippen LogP contribution >= 0.6 is 11.3 Å². The Morgan fingerprint density at radius 3 is 3.09 bits per heavy atom. The van der Waals surface area contributed by atoms with Crippen molar-refractivity contribution in [2.24, 2.45) is 23.5 Å². The predicted molar refractivity (Wildman–Crippen MR) is 88.6 cm³/mol. The molecule has 1 amide bonds. The van der Waals surface area contributed by atoms with Crippen molar-refractivity contribution in [3.05, 3.63) is 21.9 Å². The molecule has 2 aliphatic carbocycles. The standard InChI is InChI=1S/C17H25N3OS/c18-16-12-2-1-11(9-12)15(16)17(21)19-5-7-20-6-3-14-13(10-20)4-8-22-14/h4,8,11-12,15-16H,1-3,5-7,9-10,18H2,(H,19,21). The van der Waals surface area contributed by atoms with Crippen LogP contribution in [0.1, 0.15) is 29.7 Å². The summed E-state index contributed by atoms with van der Waals surface area (Å²) >= 11 is 1.87. The van der Waals surface area contributed by atoms with E-state index in [0.717, 1.165) is 32.6 Å². The van der Waals surface area contributed by atoms with Gasteiger partial charge in [-0.3, -0.25) is 9.69 Å². The Hall–Kier alpha value is -0.910. The quantitative estimate of drug-likeness (QED) is 0.886. The first-order valence-corrected chi connectivity index (χ1v) is 9.41. The predicted octanol–water partition coefficient (Wildman–Crippen LogP) is 1.60. The van der Waals surface area contributed by atoms with E-state index < -0.39 is 0 Å². The van der Waals surface area contributed by atoms with Crippen LogP contribution in [0.2, 0.25) is 0 Å². The van der Waals surface area contributed by atoms with Crippen molar-refractivity contribution < 1.29 is 4.79 Å². The van der Waals surface area contributed by atoms with Crippen LogP contribution in [0.25, 0.3) is 0 Å². The van der Waals surface area contributed by atoms with Gasteiger partial charge >= 0.3 is 0 Å². The Morgan fingerprint density at radius 2 is 2.27 bits per heavy atom. The third-order valence-electron chi connectivity index (χ3n) is 5.90. The molecule has 5 heteroatoms. The van der Waals surface area contributed by atoms with Gasteiger partial charge in [-0.25, -0.2) is 0 Å². The van der Waals surface area contributed by atoms with Crippen LogP contribution in [0.4, 0.5) is 0 Å². The highest BCUT2D eigenvalue weighted by Gasteiger charge is 2.48. The largest absolute Gasteiger partial charge is 0.355 e. The summed E-state index contributed by atoms with van der Waals surface area (Å²) in [5, 5.41) is 5.33. The number of rotatable bonds is 4. The van der Waals surface area contributed by atoms with E-state index in [4.69, 9.17) is 5.73 Å². The van der Waals surface area contributed by atoms with Crippen molar-refractivity contribution in [2.45, 2.75) is 38.3 Å². The number of carbonyl (C=O) groups excluding carboxylic acids is 1. The minimum atomic E-state index is 0.0728. The molecule has 4 rings (SSSR count). The van der Waals surface area contributed by atoms with E-state index in [9.17, 15) is 4.79 Å². The molecule has 2 saturated carbocycles. The lowest BCUT2D eigenvalue weighted by molar-refractivity contribution is -0.127. The second-order valence-electron chi connectivity index (χ2n) is 7.12. The van der Waals surface area contributed by atoms with Gasteiger partial charge in [0.25, 0.3) is 0 Å². The lowest BCUT2D eigenvalue weighted by Crippen LogP contribution is -2.47.